The molecule has 0 aromatic carbocycles. The minimum Gasteiger partial charge on any atom is -0.497 e. The van der Waals surface area contributed by atoms with Crippen molar-refractivity contribution < 1.29 is 4.74 Å². The molecule has 0 amide bonds. The third-order valence-corrected chi connectivity index (χ3v) is 1.49. The summed E-state index contributed by atoms with van der Waals surface area (Å²) in [6.07, 6.45) is 7.97. The van der Waals surface area contributed by atoms with Gasteiger partial charge >= 0.3 is 0 Å². The fourth-order valence-electron chi connectivity index (χ4n) is 0.592. The minimum absolute atomic E-state index is 0.895. The first-order valence-electron chi connectivity index (χ1n) is 3.76. The van der Waals surface area contributed by atoms with Gasteiger partial charge in [0.15, 0.2) is 0 Å². The van der Waals surface area contributed by atoms with Crippen molar-refractivity contribution >= 4 is 0 Å². The van der Waals surface area contributed by atoms with Crippen molar-refractivity contribution in [1.82, 2.24) is 0 Å². The Morgan fingerprint density at radius 1 is 1.09 bits per heavy atom. The number of hydrogen-bond acceptors (Lipinski definition) is 1. The lowest BCUT2D eigenvalue weighted by atomic mass is 10.2. The molecule has 0 aromatic rings. The highest BCUT2D eigenvalue weighted by Gasteiger charge is 1.84. The van der Waals surface area contributed by atoms with Crippen LogP contribution in [0, 0.1) is 0 Å². The summed E-state index contributed by atoms with van der Waals surface area (Å²) in [5.74, 6) is 0.895. The molecule has 1 heteroatoms. The predicted molar refractivity (Wildman–Crippen MR) is 49.3 cm³/mol. The van der Waals surface area contributed by atoms with Gasteiger partial charge in [-0.1, -0.05) is 17.7 Å². The highest BCUT2D eigenvalue weighted by Crippen LogP contribution is 2.01. The van der Waals surface area contributed by atoms with E-state index < -0.39 is 0 Å². The van der Waals surface area contributed by atoms with Crippen LogP contribution < -0.4 is 0 Å². The molecule has 0 heterocycles. The molecule has 11 heavy (non-hydrogen) atoms. The fourth-order valence-corrected chi connectivity index (χ4v) is 0.592. The third-order valence-electron chi connectivity index (χ3n) is 1.49. The van der Waals surface area contributed by atoms with Crippen molar-refractivity contribution in [3.63, 3.8) is 0 Å². The second kappa shape index (κ2) is 5.78. The summed E-state index contributed by atoms with van der Waals surface area (Å²) in [5.41, 5.74) is 1.24. The summed E-state index contributed by atoms with van der Waals surface area (Å²) in [4.78, 5) is 0. The van der Waals surface area contributed by atoms with E-state index in [0.29, 0.717) is 0 Å². The zero-order valence-corrected chi connectivity index (χ0v) is 7.72. The van der Waals surface area contributed by atoms with E-state index in [-0.39, 0.29) is 0 Å². The van der Waals surface area contributed by atoms with Gasteiger partial charge in [0.05, 0.1) is 7.11 Å². The summed E-state index contributed by atoms with van der Waals surface area (Å²) in [6, 6.07) is 0. The van der Waals surface area contributed by atoms with Crippen LogP contribution in [0.15, 0.2) is 35.6 Å². The first kappa shape index (κ1) is 10.0. The van der Waals surface area contributed by atoms with Crippen molar-refractivity contribution in [3.05, 3.63) is 35.6 Å². The van der Waals surface area contributed by atoms with Gasteiger partial charge in [0.1, 0.15) is 5.76 Å². The monoisotopic (exact) mass is 152 g/mol. The third kappa shape index (κ3) is 4.43. The summed E-state index contributed by atoms with van der Waals surface area (Å²) in [6.45, 7) is 6.02. The Kier molecular flexibility index (Phi) is 5.26. The van der Waals surface area contributed by atoms with Crippen LogP contribution in [0.3, 0.4) is 0 Å². The zero-order chi connectivity index (χ0) is 8.69. The van der Waals surface area contributed by atoms with Crippen LogP contribution >= 0.6 is 0 Å². The van der Waals surface area contributed by atoms with E-state index in [2.05, 4.69) is 13.0 Å². The molecule has 0 aromatic heterocycles. The van der Waals surface area contributed by atoms with Crippen molar-refractivity contribution in [1.29, 1.82) is 0 Å². The van der Waals surface area contributed by atoms with E-state index in [1.807, 2.05) is 32.1 Å². The molecule has 0 aliphatic rings. The maximum absolute atomic E-state index is 5.04. The molecule has 0 saturated heterocycles. The number of allylic oxidation sites excluding steroid dienone is 5. The Bertz CT molecular complexity index is 185. The van der Waals surface area contributed by atoms with E-state index in [9.17, 15) is 0 Å². The molecule has 62 valence electrons. The van der Waals surface area contributed by atoms with Crippen LogP contribution in [0.2, 0.25) is 0 Å². The smallest absolute Gasteiger partial charge is 0.114 e. The van der Waals surface area contributed by atoms with E-state index in [4.69, 9.17) is 4.74 Å². The quantitative estimate of drug-likeness (QED) is 0.446. The van der Waals surface area contributed by atoms with E-state index in [1.165, 1.54) is 5.57 Å². The van der Waals surface area contributed by atoms with Crippen molar-refractivity contribution in [2.45, 2.75) is 20.8 Å². The largest absolute Gasteiger partial charge is 0.497 e. The van der Waals surface area contributed by atoms with E-state index in [0.717, 1.165) is 5.76 Å². The topological polar surface area (TPSA) is 9.23 Å². The van der Waals surface area contributed by atoms with Crippen LogP contribution in [0.5, 0.6) is 0 Å². The Hall–Kier alpha value is -0.980. The summed E-state index contributed by atoms with van der Waals surface area (Å²) in [5, 5.41) is 0. The molecule has 1 nitrogen and oxygen atoms in total. The maximum Gasteiger partial charge on any atom is 0.114 e. The molecule has 0 rings (SSSR count). The molecular weight excluding hydrogens is 136 g/mol. The fraction of sp³-hybridized carbons (Fsp3) is 0.400. The normalized spacial score (nSPS) is 14.2. The second-order valence-corrected chi connectivity index (χ2v) is 2.26. The SMILES string of the molecule is C\C=C(C)/C=C\C(=C/C)OC. The Morgan fingerprint density at radius 2 is 1.73 bits per heavy atom. The average Bonchev–Trinajstić information content (AvgIpc) is 2.06. The van der Waals surface area contributed by atoms with Gasteiger partial charge in [0.2, 0.25) is 0 Å². The van der Waals surface area contributed by atoms with Gasteiger partial charge in [-0.3, -0.25) is 0 Å². The highest BCUT2D eigenvalue weighted by atomic mass is 16.5. The molecule has 0 spiro atoms. The molecular formula is C10H16O. The number of ether oxygens (including phenoxy) is 1. The molecule has 0 radical (unpaired) electrons. The van der Waals surface area contributed by atoms with Gasteiger partial charge in [-0.15, -0.1) is 0 Å². The van der Waals surface area contributed by atoms with Gasteiger partial charge in [-0.2, -0.15) is 0 Å². The lowest BCUT2D eigenvalue weighted by molar-refractivity contribution is 0.306. The van der Waals surface area contributed by atoms with E-state index in [1.54, 1.807) is 7.11 Å². The molecule has 0 atom stereocenters. The molecule has 0 unspecified atom stereocenters. The van der Waals surface area contributed by atoms with Crippen LogP contribution in [-0.2, 0) is 4.74 Å². The Morgan fingerprint density at radius 3 is 2.09 bits per heavy atom. The van der Waals surface area contributed by atoms with Gasteiger partial charge in [0, 0.05) is 0 Å². The standard InChI is InChI=1S/C10H16O/c1-5-9(3)7-8-10(6-2)11-4/h5-8H,1-4H3/b8-7-,9-5-,10-6+. The summed E-state index contributed by atoms with van der Waals surface area (Å²) < 4.78 is 5.04. The molecule has 0 saturated carbocycles. The Balaban J connectivity index is 4.12. The van der Waals surface area contributed by atoms with Crippen LogP contribution in [0.4, 0.5) is 0 Å². The first-order chi connectivity index (χ1) is 5.24. The molecule has 0 aliphatic heterocycles. The lowest BCUT2D eigenvalue weighted by Gasteiger charge is -1.97. The predicted octanol–water partition coefficient (Wildman–Crippen LogP) is 3.06. The molecule has 0 fully saturated rings. The minimum atomic E-state index is 0.895. The van der Waals surface area contributed by atoms with Crippen LogP contribution in [-0.4, -0.2) is 7.11 Å². The molecule has 0 aliphatic carbocycles. The zero-order valence-electron chi connectivity index (χ0n) is 7.72. The summed E-state index contributed by atoms with van der Waals surface area (Å²) >= 11 is 0. The molecule has 0 bridgehead atoms. The van der Waals surface area contributed by atoms with Crippen LogP contribution in [0.25, 0.3) is 0 Å². The van der Waals surface area contributed by atoms with Crippen LogP contribution in [0.1, 0.15) is 20.8 Å². The Labute approximate surface area is 69.1 Å². The molecule has 0 N–H and O–H groups in total. The highest BCUT2D eigenvalue weighted by molar-refractivity contribution is 5.22. The first-order valence-corrected chi connectivity index (χ1v) is 3.76. The van der Waals surface area contributed by atoms with Crippen molar-refractivity contribution in [2.75, 3.05) is 7.11 Å². The number of hydrogen-bond donors (Lipinski definition) is 0. The average molecular weight is 152 g/mol. The number of methoxy groups -OCH3 is 1. The van der Waals surface area contributed by atoms with E-state index >= 15 is 0 Å². The van der Waals surface area contributed by atoms with Crippen molar-refractivity contribution in [3.8, 4) is 0 Å². The van der Waals surface area contributed by atoms with Crippen molar-refractivity contribution in [2.24, 2.45) is 0 Å². The van der Waals surface area contributed by atoms with Gasteiger partial charge < -0.3 is 4.74 Å². The second-order valence-electron chi connectivity index (χ2n) is 2.26. The number of rotatable bonds is 3. The van der Waals surface area contributed by atoms with Gasteiger partial charge in [-0.25, -0.2) is 0 Å². The maximum atomic E-state index is 5.04. The van der Waals surface area contributed by atoms with Gasteiger partial charge in [0.25, 0.3) is 0 Å². The summed E-state index contributed by atoms with van der Waals surface area (Å²) in [7, 11) is 1.67. The lowest BCUT2D eigenvalue weighted by Crippen LogP contribution is -1.79. The van der Waals surface area contributed by atoms with Gasteiger partial charge in [-0.05, 0) is 32.9 Å².